The average Bonchev–Trinajstić information content (AvgIpc) is 1.66. The number of ether oxygens (including phenoxy) is 13. The average molecular weight is 1530 g/mol. The summed E-state index contributed by atoms with van der Waals surface area (Å²) in [7, 11) is 0. The van der Waals surface area contributed by atoms with Crippen molar-refractivity contribution in [2.45, 2.75) is 145 Å². The third-order valence-corrected chi connectivity index (χ3v) is 19.8. The van der Waals surface area contributed by atoms with E-state index in [1.807, 2.05) is 291 Å². The van der Waals surface area contributed by atoms with Gasteiger partial charge in [-0.25, -0.2) is 9.59 Å². The molecule has 10 aromatic carbocycles. The summed E-state index contributed by atoms with van der Waals surface area (Å²) >= 11 is 0. The van der Waals surface area contributed by atoms with E-state index in [2.05, 4.69) is 16.0 Å². The quantitative estimate of drug-likeness (QED) is 0.0279. The van der Waals surface area contributed by atoms with Crippen LogP contribution >= 0.6 is 0 Å². The molecular formula is C92H95N3O18. The molecule has 21 heteroatoms. The van der Waals surface area contributed by atoms with Crippen LogP contribution in [0.1, 0.15) is 74.4 Å². The minimum absolute atomic E-state index is 0.0153. The van der Waals surface area contributed by atoms with Gasteiger partial charge in [-0.3, -0.25) is 9.59 Å². The van der Waals surface area contributed by atoms with Gasteiger partial charge in [0, 0.05) is 12.5 Å². The maximum absolute atomic E-state index is 14.5. The molecule has 2 fully saturated rings. The summed E-state index contributed by atoms with van der Waals surface area (Å²) in [6.07, 6.45) is -14.8. The third kappa shape index (κ3) is 23.7. The number of nitrogens with one attached hydrogen (secondary N) is 3. The summed E-state index contributed by atoms with van der Waals surface area (Å²) < 4.78 is 91.5. The minimum atomic E-state index is -1.54. The van der Waals surface area contributed by atoms with Crippen LogP contribution in [0.25, 0.3) is 11.1 Å². The van der Waals surface area contributed by atoms with Crippen LogP contribution in [-0.4, -0.2) is 136 Å². The fourth-order valence-electron chi connectivity index (χ4n) is 14.1. The van der Waals surface area contributed by atoms with Crippen molar-refractivity contribution in [3.05, 3.63) is 347 Å². The van der Waals surface area contributed by atoms with E-state index in [0.29, 0.717) is 0 Å². The first-order chi connectivity index (χ1) is 55.6. The van der Waals surface area contributed by atoms with Crippen molar-refractivity contribution in [1.29, 1.82) is 0 Å². The molecule has 0 radical (unpaired) electrons. The second-order valence-corrected chi connectivity index (χ2v) is 27.9. The number of carbonyl (C=O) groups is 4. The molecule has 0 unspecified atom stereocenters. The second kappa shape index (κ2) is 42.2. The number of fused-ring (bicyclic) bond motifs is 3. The molecule has 0 aromatic heterocycles. The fraction of sp³-hybridized carbons (Fsp3) is 0.304. The van der Waals surface area contributed by atoms with Crippen LogP contribution in [0.5, 0.6) is 0 Å². The summed E-state index contributed by atoms with van der Waals surface area (Å²) in [5.74, 6) is -2.48. The maximum atomic E-state index is 14.5. The predicted molar refractivity (Wildman–Crippen MR) is 421 cm³/mol. The molecule has 1 aliphatic carbocycles. The zero-order valence-corrected chi connectivity index (χ0v) is 62.7. The van der Waals surface area contributed by atoms with Crippen LogP contribution in [0.2, 0.25) is 0 Å². The van der Waals surface area contributed by atoms with Crippen molar-refractivity contribution in [2.24, 2.45) is 0 Å². The van der Waals surface area contributed by atoms with Crippen LogP contribution < -0.4 is 16.0 Å². The lowest BCUT2D eigenvalue weighted by Gasteiger charge is -2.50. The largest absolute Gasteiger partial charge is 0.480 e. The SMILES string of the molecule is O=C(O)CNC(=O)[C@H](CC[C@H](CNC(=O)OCc1ccccc1)O[C@@H]1O[C@H](COCc2ccccc2)[C@H](OCc2ccccc2)[C@H](OCc2ccccc2)[C@H]1O[C@H]1O[C@H](COCc2ccccc2)[C@@H](OCc2ccccc2)[C@H](OCc2ccccc2)[C@H]1OCc1ccccc1)NC(=O)OCC1c2ccccc2-c2ccccc21. The first-order valence-corrected chi connectivity index (χ1v) is 38.3. The summed E-state index contributed by atoms with van der Waals surface area (Å²) in [5, 5.41) is 18.0. The van der Waals surface area contributed by atoms with E-state index in [1.54, 1.807) is 0 Å². The zero-order chi connectivity index (χ0) is 77.6. The van der Waals surface area contributed by atoms with E-state index < -0.39 is 104 Å². The van der Waals surface area contributed by atoms with Gasteiger partial charge in [-0.1, -0.05) is 291 Å². The molecule has 13 rings (SSSR count). The lowest BCUT2D eigenvalue weighted by molar-refractivity contribution is -0.387. The van der Waals surface area contributed by atoms with E-state index in [1.165, 1.54) is 0 Å². The number of carboxylic acid groups (broad SMARTS) is 1. The van der Waals surface area contributed by atoms with Crippen LogP contribution in [0.15, 0.2) is 291 Å². The molecule has 12 atom stereocenters. The number of carboxylic acids is 1. The van der Waals surface area contributed by atoms with E-state index in [-0.39, 0.29) is 98.0 Å². The first-order valence-electron chi connectivity index (χ1n) is 38.3. The normalized spacial score (nSPS) is 20.4. The number of amides is 3. The number of alkyl carbamates (subject to hydrolysis) is 2. The first kappa shape index (κ1) is 80.3. The molecule has 2 heterocycles. The zero-order valence-electron chi connectivity index (χ0n) is 62.7. The minimum Gasteiger partial charge on any atom is -0.480 e. The molecular weight excluding hydrogens is 1440 g/mol. The number of hydrogen-bond donors (Lipinski definition) is 4. The summed E-state index contributed by atoms with van der Waals surface area (Å²) in [6, 6.07) is 91.8. The van der Waals surface area contributed by atoms with Gasteiger partial charge in [-0.15, -0.1) is 0 Å². The van der Waals surface area contributed by atoms with Crippen LogP contribution in [0.3, 0.4) is 0 Å². The Bertz CT molecular complexity index is 4460. The Morgan fingerprint density at radius 3 is 1.14 bits per heavy atom. The highest BCUT2D eigenvalue weighted by Crippen LogP contribution is 2.45. The van der Waals surface area contributed by atoms with E-state index in [9.17, 15) is 24.3 Å². The maximum Gasteiger partial charge on any atom is 0.407 e. The van der Waals surface area contributed by atoms with E-state index >= 15 is 0 Å². The Labute approximate surface area is 658 Å². The fourth-order valence-corrected chi connectivity index (χ4v) is 14.1. The highest BCUT2D eigenvalue weighted by molar-refractivity contribution is 5.88. The number of carbonyl (C=O) groups excluding carboxylic acids is 3. The predicted octanol–water partition coefficient (Wildman–Crippen LogP) is 14.4. The van der Waals surface area contributed by atoms with Gasteiger partial charge in [0.05, 0.1) is 65.6 Å². The van der Waals surface area contributed by atoms with Crippen molar-refractivity contribution in [3.63, 3.8) is 0 Å². The molecule has 0 bridgehead atoms. The van der Waals surface area contributed by atoms with Crippen molar-refractivity contribution < 1.29 is 85.9 Å². The molecule has 10 aromatic rings. The number of aliphatic carboxylic acids is 1. The van der Waals surface area contributed by atoms with Gasteiger partial charge in [0.15, 0.2) is 12.6 Å². The van der Waals surface area contributed by atoms with Crippen molar-refractivity contribution >= 4 is 24.1 Å². The van der Waals surface area contributed by atoms with E-state index in [0.717, 1.165) is 66.8 Å². The number of hydrogen-bond acceptors (Lipinski definition) is 17. The van der Waals surface area contributed by atoms with Crippen molar-refractivity contribution in [3.8, 4) is 11.1 Å². The van der Waals surface area contributed by atoms with E-state index in [4.69, 9.17) is 61.6 Å². The Kier molecular flexibility index (Phi) is 30.0. The number of rotatable bonds is 40. The van der Waals surface area contributed by atoms with Crippen LogP contribution in [0.4, 0.5) is 9.59 Å². The Hall–Kier alpha value is -10.8. The molecule has 113 heavy (non-hydrogen) atoms. The standard InChI is InChI=1S/C92H95N3O18/c96-81(97)52-93-88(98)78(95-92(100)109-61-77-75-47-27-25-45-73(75)74-46-26-28-48-76(74)77)50-49-72(51-94-91(99)108-60-71-43-23-8-24-44-71)110-90-87(85(106-58-69-39-19-6-20-40-69)83(104-56-67-35-15-4-16-36-67)80(112-90)63-102-54-65-31-11-2-12-32-65)113-89-86(107-59-70-41-21-7-22-42-70)84(105-57-68-37-17-5-18-38-68)82(103-55-66-33-13-3-14-34-66)79(111-89)62-101-53-64-29-9-1-10-30-64/h1-48,72,77-80,82-87,89-90H,49-63H2,(H,93,98)(H,94,99)(H,95,100)(H,96,97)/t72-,78+,79-,80-,82-,83+,84+,85+,86-,87-,89-,90-/m1/s1. The smallest absolute Gasteiger partial charge is 0.407 e. The Morgan fingerprint density at radius 2 is 0.717 bits per heavy atom. The molecule has 2 aliphatic heterocycles. The monoisotopic (exact) mass is 1530 g/mol. The summed E-state index contributed by atoms with van der Waals surface area (Å²) in [6.45, 7) is -0.540. The van der Waals surface area contributed by atoms with Crippen LogP contribution in [0, 0.1) is 0 Å². The molecule has 21 nitrogen and oxygen atoms in total. The third-order valence-electron chi connectivity index (χ3n) is 19.8. The second-order valence-electron chi connectivity index (χ2n) is 27.9. The lowest BCUT2D eigenvalue weighted by atomic mass is 9.95. The molecule has 0 spiro atoms. The summed E-state index contributed by atoms with van der Waals surface area (Å²) in [5.41, 5.74) is 10.8. The highest BCUT2D eigenvalue weighted by Gasteiger charge is 2.55. The molecule has 3 aliphatic rings. The van der Waals surface area contributed by atoms with Gasteiger partial charge < -0.3 is 82.6 Å². The molecule has 3 amide bonds. The topological polar surface area (TPSA) is 245 Å². The Morgan fingerprint density at radius 1 is 0.354 bits per heavy atom. The molecule has 0 saturated carbocycles. The van der Waals surface area contributed by atoms with Gasteiger partial charge >= 0.3 is 18.2 Å². The Balaban J connectivity index is 0.903. The van der Waals surface area contributed by atoms with Gasteiger partial charge in [-0.05, 0) is 79.6 Å². The number of benzene rings is 10. The molecule has 2 saturated heterocycles. The van der Waals surface area contributed by atoms with Gasteiger partial charge in [-0.2, -0.15) is 0 Å². The van der Waals surface area contributed by atoms with Crippen molar-refractivity contribution in [1.82, 2.24) is 16.0 Å². The van der Waals surface area contributed by atoms with Gasteiger partial charge in [0.2, 0.25) is 5.91 Å². The van der Waals surface area contributed by atoms with Crippen molar-refractivity contribution in [2.75, 3.05) is 32.9 Å². The molecule has 4 N–H and O–H groups in total. The van der Waals surface area contributed by atoms with Gasteiger partial charge in [0.1, 0.15) is 74.6 Å². The highest BCUT2D eigenvalue weighted by atomic mass is 16.8. The van der Waals surface area contributed by atoms with Gasteiger partial charge in [0.25, 0.3) is 0 Å². The van der Waals surface area contributed by atoms with Crippen LogP contribution in [-0.2, 0) is 124 Å². The molecule has 586 valence electrons. The lowest BCUT2D eigenvalue weighted by Crippen LogP contribution is -2.66. The summed E-state index contributed by atoms with van der Waals surface area (Å²) in [4.78, 5) is 55.2.